The Labute approximate surface area is 82.4 Å². The molecule has 0 unspecified atom stereocenters. The van der Waals surface area contributed by atoms with Crippen LogP contribution in [0.15, 0.2) is 24.7 Å². The number of carbonyl (C=O) groups is 1. The van der Waals surface area contributed by atoms with E-state index in [1.807, 2.05) is 22.7 Å². The lowest BCUT2D eigenvalue weighted by Crippen LogP contribution is -1.91. The second-order valence-electron chi connectivity index (χ2n) is 3.65. The minimum Gasteiger partial charge on any atom is -0.306 e. The fourth-order valence-electron chi connectivity index (χ4n) is 1.47. The molecule has 0 aliphatic carbocycles. The number of imidazole rings is 1. The van der Waals surface area contributed by atoms with E-state index in [9.17, 15) is 4.79 Å². The molecule has 2 aromatic heterocycles. The van der Waals surface area contributed by atoms with Crippen LogP contribution in [0.25, 0.3) is 5.52 Å². The van der Waals surface area contributed by atoms with Gasteiger partial charge in [0.1, 0.15) is 12.0 Å². The Morgan fingerprint density at radius 3 is 2.93 bits per heavy atom. The van der Waals surface area contributed by atoms with Crippen LogP contribution in [0, 0.1) is 0 Å². The molecule has 0 fully saturated rings. The fourth-order valence-corrected chi connectivity index (χ4v) is 1.47. The van der Waals surface area contributed by atoms with Crippen molar-refractivity contribution in [2.24, 2.45) is 0 Å². The second kappa shape index (κ2) is 3.25. The number of rotatable bonds is 2. The van der Waals surface area contributed by atoms with Crippen LogP contribution < -0.4 is 0 Å². The van der Waals surface area contributed by atoms with Gasteiger partial charge in [-0.25, -0.2) is 4.98 Å². The van der Waals surface area contributed by atoms with Crippen LogP contribution in [-0.2, 0) is 0 Å². The number of pyridine rings is 1. The zero-order valence-electron chi connectivity index (χ0n) is 8.27. The van der Waals surface area contributed by atoms with Gasteiger partial charge in [0.05, 0.1) is 5.52 Å². The molecule has 0 radical (unpaired) electrons. The normalized spacial score (nSPS) is 11.1. The molecule has 3 nitrogen and oxygen atoms in total. The van der Waals surface area contributed by atoms with Crippen LogP contribution in [0.3, 0.4) is 0 Å². The molecule has 0 saturated carbocycles. The summed E-state index contributed by atoms with van der Waals surface area (Å²) in [5.74, 6) is 0.467. The maximum atomic E-state index is 10.7. The van der Waals surface area contributed by atoms with Crippen LogP contribution >= 0.6 is 0 Å². The molecule has 72 valence electrons. The van der Waals surface area contributed by atoms with Crippen molar-refractivity contribution in [2.45, 2.75) is 19.8 Å². The van der Waals surface area contributed by atoms with Gasteiger partial charge >= 0.3 is 0 Å². The van der Waals surface area contributed by atoms with Crippen LogP contribution in [-0.4, -0.2) is 15.7 Å². The molecule has 14 heavy (non-hydrogen) atoms. The zero-order valence-corrected chi connectivity index (χ0v) is 8.27. The predicted molar refractivity (Wildman–Crippen MR) is 54.7 cm³/mol. The van der Waals surface area contributed by atoms with Gasteiger partial charge in [-0.1, -0.05) is 13.8 Å². The van der Waals surface area contributed by atoms with E-state index < -0.39 is 0 Å². The molecular formula is C11H12N2O. The Hall–Kier alpha value is -1.64. The molecular weight excluding hydrogens is 176 g/mol. The SMILES string of the molecule is CC(C)c1ccn2cnc(C=O)c2c1. The van der Waals surface area contributed by atoms with E-state index >= 15 is 0 Å². The van der Waals surface area contributed by atoms with E-state index in [1.54, 1.807) is 6.33 Å². The van der Waals surface area contributed by atoms with Gasteiger partial charge in [-0.3, -0.25) is 4.79 Å². The number of aldehydes is 1. The molecule has 2 rings (SSSR count). The third-order valence-electron chi connectivity index (χ3n) is 2.37. The molecule has 0 bridgehead atoms. The first-order chi connectivity index (χ1) is 6.72. The first kappa shape index (κ1) is 8.94. The maximum Gasteiger partial charge on any atom is 0.170 e. The Morgan fingerprint density at radius 2 is 2.29 bits per heavy atom. The van der Waals surface area contributed by atoms with Gasteiger partial charge < -0.3 is 4.40 Å². The van der Waals surface area contributed by atoms with Gasteiger partial charge in [-0.15, -0.1) is 0 Å². The van der Waals surface area contributed by atoms with Gasteiger partial charge in [-0.2, -0.15) is 0 Å². The summed E-state index contributed by atoms with van der Waals surface area (Å²) in [5.41, 5.74) is 2.61. The molecule has 0 aliphatic rings. The topological polar surface area (TPSA) is 34.4 Å². The Bertz CT molecular complexity index is 471. The van der Waals surface area contributed by atoms with Crippen molar-refractivity contribution in [1.29, 1.82) is 0 Å². The van der Waals surface area contributed by atoms with E-state index in [1.165, 1.54) is 5.56 Å². The summed E-state index contributed by atoms with van der Waals surface area (Å²) in [7, 11) is 0. The van der Waals surface area contributed by atoms with Crippen molar-refractivity contribution >= 4 is 11.8 Å². The van der Waals surface area contributed by atoms with Crippen LogP contribution in [0.4, 0.5) is 0 Å². The van der Waals surface area contributed by atoms with Crippen molar-refractivity contribution in [1.82, 2.24) is 9.38 Å². The summed E-state index contributed by atoms with van der Waals surface area (Å²) < 4.78 is 1.86. The standard InChI is InChI=1S/C11H12N2O/c1-8(2)9-3-4-13-7-12-10(6-14)11(13)5-9/h3-8H,1-2H3. The van der Waals surface area contributed by atoms with Crippen molar-refractivity contribution in [3.05, 3.63) is 35.9 Å². The first-order valence-corrected chi connectivity index (χ1v) is 4.64. The average molecular weight is 188 g/mol. The first-order valence-electron chi connectivity index (χ1n) is 4.64. The quantitative estimate of drug-likeness (QED) is 0.677. The minimum absolute atomic E-state index is 0.467. The smallest absolute Gasteiger partial charge is 0.170 e. The summed E-state index contributed by atoms with van der Waals surface area (Å²) >= 11 is 0. The lowest BCUT2D eigenvalue weighted by molar-refractivity contribution is 0.112. The van der Waals surface area contributed by atoms with Crippen molar-refractivity contribution in [3.8, 4) is 0 Å². The monoisotopic (exact) mass is 188 g/mol. The fraction of sp³-hybridized carbons (Fsp3) is 0.273. The van der Waals surface area contributed by atoms with E-state index in [4.69, 9.17) is 0 Å². The third kappa shape index (κ3) is 1.31. The number of hydrogen-bond acceptors (Lipinski definition) is 2. The number of nitrogens with zero attached hydrogens (tertiary/aromatic N) is 2. The molecule has 2 heterocycles. The summed E-state index contributed by atoms with van der Waals surface area (Å²) in [6.07, 6.45) is 4.38. The minimum atomic E-state index is 0.467. The molecule has 3 heteroatoms. The molecule has 2 aromatic rings. The van der Waals surface area contributed by atoms with E-state index in [-0.39, 0.29) is 0 Å². The van der Waals surface area contributed by atoms with Crippen molar-refractivity contribution in [2.75, 3.05) is 0 Å². The van der Waals surface area contributed by atoms with E-state index in [0.717, 1.165) is 11.8 Å². The van der Waals surface area contributed by atoms with Gasteiger partial charge in [-0.05, 0) is 23.6 Å². The number of hydrogen-bond donors (Lipinski definition) is 0. The van der Waals surface area contributed by atoms with Crippen LogP contribution in [0.5, 0.6) is 0 Å². The predicted octanol–water partition coefficient (Wildman–Crippen LogP) is 2.27. The molecule has 0 saturated heterocycles. The molecule has 0 amide bonds. The Balaban J connectivity index is 2.67. The lowest BCUT2D eigenvalue weighted by Gasteiger charge is -2.05. The lowest BCUT2D eigenvalue weighted by atomic mass is 10.0. The number of aromatic nitrogens is 2. The maximum absolute atomic E-state index is 10.7. The highest BCUT2D eigenvalue weighted by Crippen LogP contribution is 2.17. The van der Waals surface area contributed by atoms with Crippen LogP contribution in [0.2, 0.25) is 0 Å². The van der Waals surface area contributed by atoms with Crippen molar-refractivity contribution < 1.29 is 4.79 Å². The van der Waals surface area contributed by atoms with Crippen LogP contribution in [0.1, 0.15) is 35.8 Å². The Kier molecular flexibility index (Phi) is 2.08. The third-order valence-corrected chi connectivity index (χ3v) is 2.37. The number of carbonyl (C=O) groups excluding carboxylic acids is 1. The number of fused-ring (bicyclic) bond motifs is 1. The second-order valence-corrected chi connectivity index (χ2v) is 3.65. The van der Waals surface area contributed by atoms with Gasteiger partial charge in [0.15, 0.2) is 6.29 Å². The Morgan fingerprint density at radius 1 is 1.50 bits per heavy atom. The summed E-state index contributed by atoms with van der Waals surface area (Å²) in [6, 6.07) is 4.06. The van der Waals surface area contributed by atoms with Gasteiger partial charge in [0, 0.05) is 6.20 Å². The van der Waals surface area contributed by atoms with Crippen molar-refractivity contribution in [3.63, 3.8) is 0 Å². The summed E-state index contributed by atoms with van der Waals surface area (Å²) in [4.78, 5) is 14.7. The van der Waals surface area contributed by atoms with E-state index in [0.29, 0.717) is 11.6 Å². The molecule has 0 aliphatic heterocycles. The van der Waals surface area contributed by atoms with E-state index in [2.05, 4.69) is 18.8 Å². The summed E-state index contributed by atoms with van der Waals surface area (Å²) in [5, 5.41) is 0. The largest absolute Gasteiger partial charge is 0.306 e. The molecule has 0 atom stereocenters. The average Bonchev–Trinajstić information content (AvgIpc) is 2.59. The highest BCUT2D eigenvalue weighted by Gasteiger charge is 2.05. The van der Waals surface area contributed by atoms with Gasteiger partial charge in [0.25, 0.3) is 0 Å². The summed E-state index contributed by atoms with van der Waals surface area (Å²) in [6.45, 7) is 4.26. The molecule has 0 aromatic carbocycles. The highest BCUT2D eigenvalue weighted by molar-refractivity contribution is 5.83. The zero-order chi connectivity index (χ0) is 10.1. The van der Waals surface area contributed by atoms with Gasteiger partial charge in [0.2, 0.25) is 0 Å². The molecule has 0 N–H and O–H groups in total. The highest BCUT2D eigenvalue weighted by atomic mass is 16.1. The molecule has 0 spiro atoms.